The van der Waals surface area contributed by atoms with Gasteiger partial charge in [0.05, 0.1) is 12.0 Å². The molecule has 1 atom stereocenters. The summed E-state index contributed by atoms with van der Waals surface area (Å²) < 4.78 is 74.2. The van der Waals surface area contributed by atoms with Gasteiger partial charge in [0.25, 0.3) is 0 Å². The third-order valence-corrected chi connectivity index (χ3v) is 2.73. The largest absolute Gasteiger partial charge is 0.416 e. The van der Waals surface area contributed by atoms with Crippen molar-refractivity contribution in [2.24, 2.45) is 0 Å². The van der Waals surface area contributed by atoms with Gasteiger partial charge in [-0.3, -0.25) is 0 Å². The predicted molar refractivity (Wildman–Crippen MR) is 63.3 cm³/mol. The number of nitrogens with one attached hydrogen (secondary N) is 1. The van der Waals surface area contributed by atoms with Crippen molar-refractivity contribution in [3.05, 3.63) is 35.4 Å². The van der Waals surface area contributed by atoms with E-state index < -0.39 is 30.4 Å². The molecule has 1 unspecified atom stereocenters. The quantitative estimate of drug-likeness (QED) is 0.804. The number of alkyl halides is 6. The zero-order valence-corrected chi connectivity index (χ0v) is 10.8. The van der Waals surface area contributed by atoms with Gasteiger partial charge in [0.15, 0.2) is 0 Å². The van der Waals surface area contributed by atoms with E-state index in [0.29, 0.717) is 12.1 Å². The van der Waals surface area contributed by atoms with Crippen LogP contribution in [0, 0.1) is 0 Å². The normalized spacial score (nSPS) is 14.3. The molecule has 0 fully saturated rings. The first kappa shape index (κ1) is 16.8. The van der Waals surface area contributed by atoms with Crippen molar-refractivity contribution in [1.82, 2.24) is 5.32 Å². The fourth-order valence-electron chi connectivity index (χ4n) is 1.90. The van der Waals surface area contributed by atoms with Crippen LogP contribution in [-0.2, 0) is 12.6 Å². The van der Waals surface area contributed by atoms with Crippen LogP contribution in [0.2, 0.25) is 0 Å². The maximum Gasteiger partial charge on any atom is 0.416 e. The van der Waals surface area contributed by atoms with Crippen LogP contribution in [-0.4, -0.2) is 18.8 Å². The van der Waals surface area contributed by atoms with E-state index in [2.05, 4.69) is 5.32 Å². The van der Waals surface area contributed by atoms with E-state index in [4.69, 9.17) is 0 Å². The fourth-order valence-corrected chi connectivity index (χ4v) is 1.90. The second-order valence-corrected chi connectivity index (χ2v) is 4.47. The predicted octanol–water partition coefficient (Wildman–Crippen LogP) is 4.18. The van der Waals surface area contributed by atoms with Crippen LogP contribution in [0.15, 0.2) is 24.3 Å². The van der Waals surface area contributed by atoms with Crippen molar-refractivity contribution >= 4 is 0 Å². The van der Waals surface area contributed by atoms with Crippen molar-refractivity contribution in [1.29, 1.82) is 0 Å². The number of halogens is 6. The van der Waals surface area contributed by atoms with Gasteiger partial charge in [-0.15, -0.1) is 0 Å². The standard InChI is InChI=1S/C13H15F6N/c1-2-20-11(8-12(14,15)16)7-9-3-5-10(6-4-9)13(17,18)19/h3-6,11,20H,2,7-8H2,1H3. The van der Waals surface area contributed by atoms with Gasteiger partial charge >= 0.3 is 12.4 Å². The summed E-state index contributed by atoms with van der Waals surface area (Å²) in [6, 6.07) is 3.35. The minimum absolute atomic E-state index is 0.0332. The molecule has 1 N–H and O–H groups in total. The van der Waals surface area contributed by atoms with Crippen molar-refractivity contribution in [3.63, 3.8) is 0 Å². The Bertz CT molecular complexity index is 406. The van der Waals surface area contributed by atoms with Crippen molar-refractivity contribution in [2.45, 2.75) is 38.2 Å². The summed E-state index contributed by atoms with van der Waals surface area (Å²) in [7, 11) is 0. The lowest BCUT2D eigenvalue weighted by Crippen LogP contribution is -2.35. The van der Waals surface area contributed by atoms with Crippen LogP contribution < -0.4 is 5.32 Å². The Balaban J connectivity index is 2.74. The van der Waals surface area contributed by atoms with Crippen molar-refractivity contribution < 1.29 is 26.3 Å². The third-order valence-electron chi connectivity index (χ3n) is 2.73. The minimum atomic E-state index is -4.44. The summed E-state index contributed by atoms with van der Waals surface area (Å²) in [5, 5.41) is 2.69. The molecule has 0 amide bonds. The second-order valence-electron chi connectivity index (χ2n) is 4.47. The van der Waals surface area contributed by atoms with Crippen LogP contribution in [0.3, 0.4) is 0 Å². The zero-order valence-electron chi connectivity index (χ0n) is 10.8. The highest BCUT2D eigenvalue weighted by molar-refractivity contribution is 5.25. The van der Waals surface area contributed by atoms with Gasteiger partial charge < -0.3 is 5.32 Å². The van der Waals surface area contributed by atoms with Crippen LogP contribution in [0.5, 0.6) is 0 Å². The lowest BCUT2D eigenvalue weighted by atomic mass is 10.0. The lowest BCUT2D eigenvalue weighted by Gasteiger charge is -2.19. The van der Waals surface area contributed by atoms with E-state index in [9.17, 15) is 26.3 Å². The summed E-state index contributed by atoms with van der Waals surface area (Å²) in [6.07, 6.45) is -9.72. The molecule has 0 saturated heterocycles. The average Bonchev–Trinajstić information content (AvgIpc) is 2.26. The molecule has 1 aromatic carbocycles. The molecule has 0 aliphatic rings. The van der Waals surface area contributed by atoms with Crippen LogP contribution in [0.1, 0.15) is 24.5 Å². The smallest absolute Gasteiger partial charge is 0.314 e. The van der Waals surface area contributed by atoms with E-state index >= 15 is 0 Å². The van der Waals surface area contributed by atoms with Gasteiger partial charge in [-0.25, -0.2) is 0 Å². The van der Waals surface area contributed by atoms with Crippen molar-refractivity contribution in [3.8, 4) is 0 Å². The maximum atomic E-state index is 12.4. The Morgan fingerprint density at radius 3 is 1.95 bits per heavy atom. The number of benzene rings is 1. The fraction of sp³-hybridized carbons (Fsp3) is 0.538. The highest BCUT2D eigenvalue weighted by Crippen LogP contribution is 2.29. The van der Waals surface area contributed by atoms with E-state index in [-0.39, 0.29) is 6.42 Å². The topological polar surface area (TPSA) is 12.0 Å². The molecule has 0 aromatic heterocycles. The Hall–Kier alpha value is -1.24. The number of rotatable bonds is 5. The number of likely N-dealkylation sites (N-methyl/N-ethyl adjacent to an activating group) is 1. The summed E-state index contributed by atoms with van der Waals surface area (Å²) in [5.41, 5.74) is -0.370. The van der Waals surface area contributed by atoms with Crippen LogP contribution >= 0.6 is 0 Å². The molecule has 20 heavy (non-hydrogen) atoms. The summed E-state index contributed by atoms with van der Waals surface area (Å²) in [5.74, 6) is 0. The molecule has 1 aromatic rings. The molecule has 0 radical (unpaired) electrons. The molecule has 0 heterocycles. The Labute approximate surface area is 113 Å². The highest BCUT2D eigenvalue weighted by atomic mass is 19.4. The van der Waals surface area contributed by atoms with Gasteiger partial charge in [-0.1, -0.05) is 19.1 Å². The number of hydrogen-bond donors (Lipinski definition) is 1. The summed E-state index contributed by atoms with van der Waals surface area (Å²) in [6.45, 7) is 2.04. The zero-order chi connectivity index (χ0) is 15.4. The van der Waals surface area contributed by atoms with Gasteiger partial charge in [0.1, 0.15) is 0 Å². The molecule has 0 spiro atoms. The van der Waals surface area contributed by atoms with E-state index in [1.54, 1.807) is 6.92 Å². The van der Waals surface area contributed by atoms with Crippen LogP contribution in [0.25, 0.3) is 0 Å². The average molecular weight is 299 g/mol. The molecule has 0 aliphatic carbocycles. The second kappa shape index (κ2) is 6.47. The van der Waals surface area contributed by atoms with Crippen LogP contribution in [0.4, 0.5) is 26.3 Å². The van der Waals surface area contributed by atoms with E-state index in [1.165, 1.54) is 12.1 Å². The highest BCUT2D eigenvalue weighted by Gasteiger charge is 2.32. The van der Waals surface area contributed by atoms with Crippen molar-refractivity contribution in [2.75, 3.05) is 6.54 Å². The number of hydrogen-bond acceptors (Lipinski definition) is 1. The first-order valence-electron chi connectivity index (χ1n) is 6.08. The molecule has 0 bridgehead atoms. The molecular weight excluding hydrogens is 284 g/mol. The molecule has 7 heteroatoms. The molecule has 1 nitrogen and oxygen atoms in total. The minimum Gasteiger partial charge on any atom is -0.314 e. The first-order chi connectivity index (χ1) is 9.12. The first-order valence-corrected chi connectivity index (χ1v) is 6.08. The van der Waals surface area contributed by atoms with Gasteiger partial charge in [-0.05, 0) is 30.7 Å². The summed E-state index contributed by atoms with van der Waals surface area (Å²) >= 11 is 0. The third kappa shape index (κ3) is 5.81. The van der Waals surface area contributed by atoms with Gasteiger partial charge in [0, 0.05) is 6.04 Å². The Kier molecular flexibility index (Phi) is 5.44. The molecule has 1 rings (SSSR count). The lowest BCUT2D eigenvalue weighted by molar-refractivity contribution is -0.140. The molecule has 0 aliphatic heterocycles. The monoisotopic (exact) mass is 299 g/mol. The van der Waals surface area contributed by atoms with E-state index in [1.807, 2.05) is 0 Å². The van der Waals surface area contributed by atoms with E-state index in [0.717, 1.165) is 12.1 Å². The SMILES string of the molecule is CCNC(Cc1ccc(C(F)(F)F)cc1)CC(F)(F)F. The maximum absolute atomic E-state index is 12.4. The Morgan fingerprint density at radius 1 is 1.00 bits per heavy atom. The Morgan fingerprint density at radius 2 is 1.55 bits per heavy atom. The summed E-state index contributed by atoms with van der Waals surface area (Å²) in [4.78, 5) is 0. The van der Waals surface area contributed by atoms with Gasteiger partial charge in [-0.2, -0.15) is 26.3 Å². The molecule has 0 saturated carbocycles. The molecular formula is C13H15F6N. The molecule has 114 valence electrons. The van der Waals surface area contributed by atoms with Gasteiger partial charge in [0.2, 0.25) is 0 Å².